The van der Waals surface area contributed by atoms with Gasteiger partial charge in [-0.25, -0.2) is 4.98 Å². The van der Waals surface area contributed by atoms with Gasteiger partial charge in [0.05, 0.1) is 18.6 Å². The summed E-state index contributed by atoms with van der Waals surface area (Å²) < 4.78 is 10.7. The van der Waals surface area contributed by atoms with Crippen LogP contribution in [0.3, 0.4) is 0 Å². The van der Waals surface area contributed by atoms with Crippen LogP contribution in [0.1, 0.15) is 107 Å². The predicted octanol–water partition coefficient (Wildman–Crippen LogP) is 3.46. The quantitative estimate of drug-likeness (QED) is 0.286. The van der Waals surface area contributed by atoms with Crippen LogP contribution in [0.25, 0.3) is 0 Å². The monoisotopic (exact) mass is 661 g/mol. The number of hydrogen-bond donors (Lipinski definition) is 2. The SMILES string of the molecule is CCC1(C(=O)OC)CC(NC(=O)c2csc([C@@H](C[C@H](C(C)C)N(C)C(=O)[C@@H](NC(=O)[C@H]3CCCCN3C)C3CC3)OC(C)=O)n2)C1. The Balaban J connectivity index is 1.44. The van der Waals surface area contributed by atoms with E-state index in [1.165, 1.54) is 25.4 Å². The molecule has 2 heterocycles. The summed E-state index contributed by atoms with van der Waals surface area (Å²) in [4.78, 5) is 73.0. The Bertz CT molecular complexity index is 1270. The number of esters is 2. The molecular formula is C33H51N5O7S. The molecular weight excluding hydrogens is 610 g/mol. The van der Waals surface area contributed by atoms with Crippen LogP contribution in [0.4, 0.5) is 0 Å². The van der Waals surface area contributed by atoms with Gasteiger partial charge in [-0.15, -0.1) is 11.3 Å². The maximum atomic E-state index is 14.0. The number of hydrogen-bond acceptors (Lipinski definition) is 10. The minimum atomic E-state index is -0.771. The van der Waals surface area contributed by atoms with Gasteiger partial charge in [-0.2, -0.15) is 0 Å². The minimum Gasteiger partial charge on any atom is -0.469 e. The molecule has 1 aromatic heterocycles. The van der Waals surface area contributed by atoms with Crippen molar-refractivity contribution in [3.63, 3.8) is 0 Å². The Morgan fingerprint density at radius 1 is 1.15 bits per heavy atom. The second-order valence-corrected chi connectivity index (χ2v) is 14.6. The number of nitrogens with zero attached hydrogens (tertiary/aromatic N) is 3. The number of carbonyl (C=O) groups excluding carboxylic acids is 5. The second kappa shape index (κ2) is 15.2. The first-order valence-corrected chi connectivity index (χ1v) is 17.5. The molecule has 1 aliphatic heterocycles. The molecule has 0 radical (unpaired) electrons. The van der Waals surface area contributed by atoms with E-state index in [2.05, 4.69) is 20.5 Å². The van der Waals surface area contributed by atoms with Crippen molar-refractivity contribution < 1.29 is 33.4 Å². The normalized spacial score (nSPS) is 25.0. The van der Waals surface area contributed by atoms with Gasteiger partial charge < -0.3 is 25.0 Å². The van der Waals surface area contributed by atoms with Crippen molar-refractivity contribution in [3.05, 3.63) is 16.1 Å². The van der Waals surface area contributed by atoms with Crippen LogP contribution in [0.5, 0.6) is 0 Å². The highest BCUT2D eigenvalue weighted by atomic mass is 32.1. The molecule has 2 saturated carbocycles. The summed E-state index contributed by atoms with van der Waals surface area (Å²) in [5.74, 6) is -1.24. The molecule has 0 bridgehead atoms. The molecule has 0 aromatic carbocycles. The fourth-order valence-corrected chi connectivity index (χ4v) is 7.79. The Morgan fingerprint density at radius 2 is 1.85 bits per heavy atom. The zero-order valence-corrected chi connectivity index (χ0v) is 29.1. The molecule has 0 unspecified atom stereocenters. The Kier molecular flexibility index (Phi) is 11.8. The van der Waals surface area contributed by atoms with Crippen LogP contribution >= 0.6 is 11.3 Å². The maximum absolute atomic E-state index is 14.0. The number of aromatic nitrogens is 1. The van der Waals surface area contributed by atoms with Gasteiger partial charge in [0.1, 0.15) is 16.7 Å². The lowest BCUT2D eigenvalue weighted by atomic mass is 9.64. The molecule has 3 amide bonds. The van der Waals surface area contributed by atoms with Gasteiger partial charge in [-0.1, -0.05) is 27.2 Å². The van der Waals surface area contributed by atoms with Crippen molar-refractivity contribution in [1.82, 2.24) is 25.4 Å². The Hall–Kier alpha value is -3.06. The zero-order valence-electron chi connectivity index (χ0n) is 28.3. The van der Waals surface area contributed by atoms with Gasteiger partial charge in [-0.3, -0.25) is 28.9 Å². The zero-order chi connectivity index (χ0) is 33.8. The Labute approximate surface area is 276 Å². The van der Waals surface area contributed by atoms with Crippen molar-refractivity contribution in [2.75, 3.05) is 27.7 Å². The first kappa shape index (κ1) is 35.8. The smallest absolute Gasteiger partial charge is 0.311 e. The summed E-state index contributed by atoms with van der Waals surface area (Å²) in [6.07, 6.45) is 5.78. The highest BCUT2D eigenvalue weighted by Crippen LogP contribution is 2.45. The first-order valence-electron chi connectivity index (χ1n) is 16.6. The van der Waals surface area contributed by atoms with Crippen LogP contribution in [-0.2, 0) is 28.7 Å². The third kappa shape index (κ3) is 8.26. The van der Waals surface area contributed by atoms with E-state index in [1.807, 2.05) is 27.8 Å². The average Bonchev–Trinajstić information content (AvgIpc) is 3.72. The van der Waals surface area contributed by atoms with E-state index in [1.54, 1.807) is 17.3 Å². The number of piperidine rings is 1. The van der Waals surface area contributed by atoms with Crippen LogP contribution in [0.15, 0.2) is 5.38 Å². The minimum absolute atomic E-state index is 0.00188. The number of likely N-dealkylation sites (N-methyl/N-ethyl adjacent to an activating group) is 2. The lowest BCUT2D eigenvalue weighted by Gasteiger charge is -2.44. The number of amides is 3. The number of thiazole rings is 1. The van der Waals surface area contributed by atoms with Gasteiger partial charge in [0, 0.05) is 37.9 Å². The van der Waals surface area contributed by atoms with Gasteiger partial charge in [0.25, 0.3) is 5.91 Å². The van der Waals surface area contributed by atoms with Gasteiger partial charge >= 0.3 is 11.9 Å². The molecule has 256 valence electrons. The molecule has 12 nitrogen and oxygen atoms in total. The van der Waals surface area contributed by atoms with Crippen LogP contribution in [0, 0.1) is 17.3 Å². The highest BCUT2D eigenvalue weighted by Gasteiger charge is 2.50. The Morgan fingerprint density at radius 3 is 2.41 bits per heavy atom. The molecule has 4 atom stereocenters. The largest absolute Gasteiger partial charge is 0.469 e. The van der Waals surface area contributed by atoms with E-state index in [9.17, 15) is 24.0 Å². The lowest BCUT2D eigenvalue weighted by molar-refractivity contribution is -0.160. The summed E-state index contributed by atoms with van der Waals surface area (Å²) in [6.45, 7) is 8.13. The molecule has 3 aliphatic rings. The fourth-order valence-electron chi connectivity index (χ4n) is 6.95. The van der Waals surface area contributed by atoms with Gasteiger partial charge in [-0.05, 0) is 70.4 Å². The summed E-state index contributed by atoms with van der Waals surface area (Å²) in [7, 11) is 5.08. The van der Waals surface area contributed by atoms with E-state index in [0.29, 0.717) is 24.3 Å². The highest BCUT2D eigenvalue weighted by molar-refractivity contribution is 7.09. The topological polar surface area (TPSA) is 147 Å². The number of methoxy groups -OCH3 is 1. The maximum Gasteiger partial charge on any atom is 0.311 e. The number of nitrogens with one attached hydrogen (secondary N) is 2. The number of carbonyl (C=O) groups is 5. The van der Waals surface area contributed by atoms with E-state index in [4.69, 9.17) is 9.47 Å². The van der Waals surface area contributed by atoms with Crippen LogP contribution in [-0.4, -0.2) is 96.4 Å². The van der Waals surface area contributed by atoms with E-state index >= 15 is 0 Å². The number of likely N-dealkylation sites (tertiary alicyclic amines) is 1. The molecule has 4 rings (SSSR count). The molecule has 0 spiro atoms. The molecule has 13 heteroatoms. The third-order valence-electron chi connectivity index (χ3n) is 10.0. The van der Waals surface area contributed by atoms with E-state index in [-0.39, 0.29) is 65.8 Å². The standard InChI is InChI=1S/C33H51N5O7S/c1-8-33(32(43)44-7)16-22(17-33)34-28(40)23-18-46-30(35-23)26(45-20(4)39)15-25(19(2)3)38(6)31(42)27(21-12-13-21)36-29(41)24-11-9-10-14-37(24)5/h18-19,21-22,24-27H,8-17H2,1-7H3,(H,34,40)(H,36,41)/t22?,24-,25-,26-,27+,33?/m1/s1. The number of ether oxygens (including phenoxy) is 2. The molecule has 3 fully saturated rings. The molecule has 2 aliphatic carbocycles. The number of rotatable bonds is 14. The average molecular weight is 662 g/mol. The summed E-state index contributed by atoms with van der Waals surface area (Å²) in [5, 5.41) is 8.14. The van der Waals surface area contributed by atoms with Crippen molar-refractivity contribution >= 4 is 41.0 Å². The third-order valence-corrected chi connectivity index (χ3v) is 11.0. The second-order valence-electron chi connectivity index (χ2n) is 13.7. The summed E-state index contributed by atoms with van der Waals surface area (Å²) >= 11 is 1.22. The van der Waals surface area contributed by atoms with Gasteiger partial charge in [0.2, 0.25) is 11.8 Å². The molecule has 2 N–H and O–H groups in total. The lowest BCUT2D eigenvalue weighted by Crippen LogP contribution is -2.56. The van der Waals surface area contributed by atoms with Gasteiger partial charge in [0.15, 0.2) is 6.10 Å². The first-order chi connectivity index (χ1) is 21.8. The van der Waals surface area contributed by atoms with E-state index in [0.717, 1.165) is 38.6 Å². The van der Waals surface area contributed by atoms with Crippen LogP contribution < -0.4 is 10.6 Å². The van der Waals surface area contributed by atoms with Crippen molar-refractivity contribution in [2.24, 2.45) is 17.3 Å². The predicted molar refractivity (Wildman–Crippen MR) is 173 cm³/mol. The molecule has 46 heavy (non-hydrogen) atoms. The summed E-state index contributed by atoms with van der Waals surface area (Å²) in [5.41, 5.74) is -0.359. The van der Waals surface area contributed by atoms with E-state index < -0.39 is 23.5 Å². The fraction of sp³-hybridized carbons (Fsp3) is 0.758. The summed E-state index contributed by atoms with van der Waals surface area (Å²) in [6, 6.07) is -1.33. The molecule has 1 aromatic rings. The van der Waals surface area contributed by atoms with Crippen LogP contribution in [0.2, 0.25) is 0 Å². The van der Waals surface area contributed by atoms with Crippen molar-refractivity contribution in [3.8, 4) is 0 Å². The van der Waals surface area contributed by atoms with Crippen molar-refractivity contribution in [1.29, 1.82) is 0 Å². The van der Waals surface area contributed by atoms with Crippen molar-refractivity contribution in [2.45, 2.75) is 116 Å². The molecule has 1 saturated heterocycles.